The number of carboxylic acid groups (broad SMARTS) is 1. The number of carbonyl (C=O) groups is 3. The third-order valence-electron chi connectivity index (χ3n) is 9.77. The van der Waals surface area contributed by atoms with Gasteiger partial charge in [-0.15, -0.1) is 0 Å². The van der Waals surface area contributed by atoms with Gasteiger partial charge in [0, 0.05) is 16.7 Å². The second-order valence-corrected chi connectivity index (χ2v) is 12.6. The number of aliphatic hydroxyl groups excluding tert-OH is 1. The molecule has 0 saturated heterocycles. The molecule has 3 saturated carbocycles. The van der Waals surface area contributed by atoms with Crippen molar-refractivity contribution in [2.24, 2.45) is 34.0 Å². The van der Waals surface area contributed by atoms with Crippen molar-refractivity contribution < 1.29 is 38.8 Å². The van der Waals surface area contributed by atoms with E-state index >= 15 is 4.39 Å². The van der Waals surface area contributed by atoms with Crippen LogP contribution in [-0.4, -0.2) is 56.5 Å². The molecule has 0 aromatic rings. The molecule has 0 unspecified atom stereocenters. The molecule has 0 aromatic heterocycles. The molecular weight excluding hydrogens is 455 g/mol. The lowest BCUT2D eigenvalue weighted by Gasteiger charge is -2.63. The van der Waals surface area contributed by atoms with Gasteiger partial charge in [0.2, 0.25) is 6.10 Å². The van der Waals surface area contributed by atoms with Crippen LogP contribution in [0, 0.1) is 34.0 Å². The number of aliphatic carboxylic acids is 1. The number of carboxylic acids is 1. The molecule has 8 heteroatoms. The fraction of sp³-hybridized carbons (Fsp3) is 0.741. The van der Waals surface area contributed by atoms with Crippen LogP contribution in [0.4, 0.5) is 4.39 Å². The highest BCUT2D eigenvalue weighted by Gasteiger charge is 2.76. The summed E-state index contributed by atoms with van der Waals surface area (Å²) in [5.41, 5.74) is -6.85. The molecule has 0 heterocycles. The van der Waals surface area contributed by atoms with Gasteiger partial charge in [0.25, 0.3) is 0 Å². The number of ketones is 1. The smallest absolute Gasteiger partial charge is 0.348 e. The zero-order chi connectivity index (χ0) is 26.4. The Morgan fingerprint density at radius 2 is 1.86 bits per heavy atom. The summed E-state index contributed by atoms with van der Waals surface area (Å²) >= 11 is 0. The third-order valence-corrected chi connectivity index (χ3v) is 9.77. The van der Waals surface area contributed by atoms with Crippen LogP contribution in [0.15, 0.2) is 23.8 Å². The third kappa shape index (κ3) is 3.24. The summed E-state index contributed by atoms with van der Waals surface area (Å²) in [7, 11) is 0. The highest BCUT2D eigenvalue weighted by Crippen LogP contribution is 2.71. The van der Waals surface area contributed by atoms with Crippen LogP contribution < -0.4 is 0 Å². The van der Waals surface area contributed by atoms with E-state index in [4.69, 9.17) is 4.74 Å². The van der Waals surface area contributed by atoms with Crippen LogP contribution in [0.3, 0.4) is 0 Å². The number of halogens is 1. The highest BCUT2D eigenvalue weighted by atomic mass is 19.1. The lowest BCUT2D eigenvalue weighted by Crippen LogP contribution is -2.70. The van der Waals surface area contributed by atoms with Gasteiger partial charge in [-0.1, -0.05) is 25.5 Å². The molecule has 4 aliphatic rings. The zero-order valence-corrected chi connectivity index (χ0v) is 21.3. The summed E-state index contributed by atoms with van der Waals surface area (Å²) in [6, 6.07) is 0. The molecule has 0 bridgehead atoms. The SMILES string of the molecule is C[C@@H]1C[C@H]2[C@@H]3CCC4=CC(=O)C=C[C@]4(C)[C@@]3(F)[C@@H](O)C[C@]2(C)[C@@]1(O)[C@H](OC(=O)C(C)(C)C)C(=O)O. The average molecular weight is 493 g/mol. The molecule has 3 fully saturated rings. The lowest BCUT2D eigenvalue weighted by molar-refractivity contribution is -0.246. The van der Waals surface area contributed by atoms with E-state index in [0.717, 1.165) is 0 Å². The Morgan fingerprint density at radius 1 is 1.23 bits per heavy atom. The first-order valence-corrected chi connectivity index (χ1v) is 12.4. The van der Waals surface area contributed by atoms with Gasteiger partial charge in [-0.05, 0) is 77.4 Å². The molecule has 0 radical (unpaired) electrons. The molecule has 0 amide bonds. The molecule has 35 heavy (non-hydrogen) atoms. The van der Waals surface area contributed by atoms with E-state index in [0.29, 0.717) is 24.8 Å². The lowest BCUT2D eigenvalue weighted by atomic mass is 9.44. The number of alkyl halides is 1. The topological polar surface area (TPSA) is 121 Å². The Balaban J connectivity index is 1.79. The van der Waals surface area contributed by atoms with Gasteiger partial charge in [0.1, 0.15) is 5.60 Å². The number of ether oxygens (including phenoxy) is 1. The summed E-state index contributed by atoms with van der Waals surface area (Å²) in [5, 5.41) is 33.6. The van der Waals surface area contributed by atoms with Crippen molar-refractivity contribution in [3.8, 4) is 0 Å². The number of allylic oxidation sites excluding steroid dienone is 4. The summed E-state index contributed by atoms with van der Waals surface area (Å²) in [6.45, 7) is 9.89. The van der Waals surface area contributed by atoms with E-state index in [1.54, 1.807) is 47.6 Å². The maximum atomic E-state index is 17.2. The van der Waals surface area contributed by atoms with Gasteiger partial charge >= 0.3 is 11.9 Å². The van der Waals surface area contributed by atoms with Crippen molar-refractivity contribution in [2.75, 3.05) is 0 Å². The van der Waals surface area contributed by atoms with Gasteiger partial charge in [0.05, 0.1) is 11.5 Å². The predicted octanol–water partition coefficient (Wildman–Crippen LogP) is 3.38. The van der Waals surface area contributed by atoms with E-state index in [1.807, 2.05) is 0 Å². The van der Waals surface area contributed by atoms with Crippen LogP contribution in [0.1, 0.15) is 67.2 Å². The molecule has 0 spiro atoms. The van der Waals surface area contributed by atoms with Crippen molar-refractivity contribution in [3.05, 3.63) is 23.8 Å². The van der Waals surface area contributed by atoms with Crippen LogP contribution in [-0.2, 0) is 19.1 Å². The Morgan fingerprint density at radius 3 is 2.43 bits per heavy atom. The Kier molecular flexibility index (Phi) is 5.74. The molecule has 3 N–H and O–H groups in total. The van der Waals surface area contributed by atoms with Gasteiger partial charge in [-0.25, -0.2) is 9.18 Å². The Hall–Kier alpha value is -2.06. The van der Waals surface area contributed by atoms with E-state index < -0.39 is 69.4 Å². The first kappa shape index (κ1) is 26.0. The summed E-state index contributed by atoms with van der Waals surface area (Å²) in [6.07, 6.45) is 1.92. The number of hydrogen-bond acceptors (Lipinski definition) is 6. The fourth-order valence-corrected chi connectivity index (χ4v) is 7.75. The standard InChI is InChI=1S/C27H37FO7/c1-14-11-18-17-8-7-15-12-16(29)9-10-24(15,5)26(17,28)19(30)13-25(18,6)27(14,34)20(21(31)32)35-22(33)23(2,3)4/h9-10,12,14,17-20,30,34H,7-8,11,13H2,1-6H3,(H,31,32)/t14-,17+,18+,19+,20-,24+,25+,26+,27+/m1/s1. The quantitative estimate of drug-likeness (QED) is 0.517. The monoisotopic (exact) mass is 492 g/mol. The van der Waals surface area contributed by atoms with E-state index in [1.165, 1.54) is 12.2 Å². The van der Waals surface area contributed by atoms with Crippen molar-refractivity contribution in [1.29, 1.82) is 0 Å². The average Bonchev–Trinajstić information content (AvgIpc) is 2.93. The van der Waals surface area contributed by atoms with Crippen molar-refractivity contribution >= 4 is 17.7 Å². The van der Waals surface area contributed by atoms with Crippen LogP contribution >= 0.6 is 0 Å². The van der Waals surface area contributed by atoms with E-state index in [2.05, 4.69) is 0 Å². The van der Waals surface area contributed by atoms with Gasteiger partial charge < -0.3 is 20.1 Å². The van der Waals surface area contributed by atoms with Crippen LogP contribution in [0.25, 0.3) is 0 Å². The zero-order valence-electron chi connectivity index (χ0n) is 21.3. The van der Waals surface area contributed by atoms with Gasteiger partial charge in [-0.3, -0.25) is 9.59 Å². The Labute approximate surface area is 205 Å². The second-order valence-electron chi connectivity index (χ2n) is 12.6. The normalized spacial score (nSPS) is 45.6. The maximum absolute atomic E-state index is 17.2. The largest absolute Gasteiger partial charge is 0.478 e. The maximum Gasteiger partial charge on any atom is 0.348 e. The van der Waals surface area contributed by atoms with Crippen molar-refractivity contribution in [3.63, 3.8) is 0 Å². The molecule has 194 valence electrons. The minimum atomic E-state index is -2.09. The number of fused-ring (bicyclic) bond motifs is 5. The Bertz CT molecular complexity index is 1030. The van der Waals surface area contributed by atoms with E-state index in [9.17, 15) is 29.7 Å². The number of esters is 1. The first-order chi connectivity index (χ1) is 15.9. The summed E-state index contributed by atoms with van der Waals surface area (Å²) < 4.78 is 22.7. The molecule has 7 nitrogen and oxygen atoms in total. The molecule has 4 aliphatic carbocycles. The number of aliphatic hydroxyl groups is 2. The molecule has 4 rings (SSSR count). The van der Waals surface area contributed by atoms with Crippen LogP contribution in [0.5, 0.6) is 0 Å². The minimum absolute atomic E-state index is 0.201. The fourth-order valence-electron chi connectivity index (χ4n) is 7.75. The molecule has 0 aromatic carbocycles. The van der Waals surface area contributed by atoms with E-state index in [-0.39, 0.29) is 12.2 Å². The van der Waals surface area contributed by atoms with Crippen molar-refractivity contribution in [2.45, 2.75) is 90.7 Å². The number of hydrogen-bond donors (Lipinski definition) is 3. The first-order valence-electron chi connectivity index (χ1n) is 12.4. The highest BCUT2D eigenvalue weighted by molar-refractivity contribution is 6.01. The molecule has 9 atom stereocenters. The van der Waals surface area contributed by atoms with Crippen molar-refractivity contribution in [1.82, 2.24) is 0 Å². The molecule has 0 aliphatic heterocycles. The minimum Gasteiger partial charge on any atom is -0.478 e. The second kappa shape index (κ2) is 7.72. The van der Waals surface area contributed by atoms with Gasteiger partial charge in [0.15, 0.2) is 11.5 Å². The van der Waals surface area contributed by atoms with Gasteiger partial charge in [-0.2, -0.15) is 0 Å². The predicted molar refractivity (Wildman–Crippen MR) is 125 cm³/mol. The summed E-state index contributed by atoms with van der Waals surface area (Å²) in [5.74, 6) is -4.21. The van der Waals surface area contributed by atoms with Crippen LogP contribution in [0.2, 0.25) is 0 Å². The summed E-state index contributed by atoms with van der Waals surface area (Å²) in [4.78, 5) is 37.0. The molecular formula is C27H37FO7. The number of rotatable bonds is 3. The number of carbonyl (C=O) groups excluding carboxylic acids is 2.